The number of ketones is 1. The second kappa shape index (κ2) is 8.95. The number of nitrogens with zero attached hydrogens (tertiary/aromatic N) is 5. The fourth-order valence-corrected chi connectivity index (χ4v) is 6.30. The predicted molar refractivity (Wildman–Crippen MR) is 141 cm³/mol. The first-order chi connectivity index (χ1) is 19.2. The Morgan fingerprint density at radius 1 is 1.10 bits per heavy atom. The molecule has 7 rings (SSSR count). The number of hydrogen-bond donors (Lipinski definition) is 1. The molecule has 1 saturated heterocycles. The van der Waals surface area contributed by atoms with Gasteiger partial charge in [0.05, 0.1) is 24.0 Å². The highest BCUT2D eigenvalue weighted by molar-refractivity contribution is 6.33. The van der Waals surface area contributed by atoms with Crippen molar-refractivity contribution < 1.29 is 27.9 Å². The summed E-state index contributed by atoms with van der Waals surface area (Å²) < 4.78 is 46.5. The molecule has 1 fully saturated rings. The lowest BCUT2D eigenvalue weighted by Crippen LogP contribution is -2.55. The van der Waals surface area contributed by atoms with E-state index in [1.165, 1.54) is 21.9 Å². The fourth-order valence-electron chi connectivity index (χ4n) is 6.30. The molecule has 2 aliphatic heterocycles. The summed E-state index contributed by atoms with van der Waals surface area (Å²) in [4.78, 5) is 33.8. The summed E-state index contributed by atoms with van der Waals surface area (Å²) in [5.74, 6) is -3.74. The summed E-state index contributed by atoms with van der Waals surface area (Å²) in [6.45, 7) is 0.0807. The standard InChI is InChI=1S/C29H26F3N5O3/c30-18-11-17-14-36(28(40)35-8-6-29(31,32)24(39)16-35)10-9-34-15-21(20(12-18)27(17)34)26-19(4-5-23(26)38)22-13-33-25-3-1-2-7-37(22)25/h1-3,7,11-13,15,24,39H,4-6,8-10,14,16H2. The predicted octanol–water partition coefficient (Wildman–Crippen LogP) is 4.34. The average Bonchev–Trinajstić information content (AvgIpc) is 3.58. The van der Waals surface area contributed by atoms with E-state index < -0.39 is 36.8 Å². The van der Waals surface area contributed by atoms with Crippen LogP contribution in [-0.2, 0) is 17.9 Å². The molecular weight excluding hydrogens is 523 g/mol. The summed E-state index contributed by atoms with van der Waals surface area (Å²) >= 11 is 0. The number of urea groups is 1. The molecule has 3 aromatic heterocycles. The molecule has 11 heteroatoms. The maximum atomic E-state index is 15.1. The number of amides is 2. The number of rotatable bonds is 2. The third-order valence-electron chi connectivity index (χ3n) is 8.30. The number of aliphatic hydroxyl groups is 1. The van der Waals surface area contributed by atoms with E-state index in [1.54, 1.807) is 6.20 Å². The number of aromatic nitrogens is 3. The van der Waals surface area contributed by atoms with Crippen LogP contribution in [0.25, 0.3) is 27.7 Å². The minimum absolute atomic E-state index is 0.0138. The normalized spacial score (nSPS) is 21.1. The molecule has 1 aliphatic carbocycles. The average molecular weight is 550 g/mol. The van der Waals surface area contributed by atoms with Crippen LogP contribution in [0.4, 0.5) is 18.0 Å². The topological polar surface area (TPSA) is 83.1 Å². The lowest BCUT2D eigenvalue weighted by molar-refractivity contribution is -0.141. The van der Waals surface area contributed by atoms with E-state index in [4.69, 9.17) is 0 Å². The Labute approximate surface area is 226 Å². The molecule has 1 N–H and O–H groups in total. The number of pyridine rings is 1. The van der Waals surface area contributed by atoms with Crippen molar-refractivity contribution in [3.8, 4) is 0 Å². The number of aliphatic hydroxyl groups excluding tert-OH is 1. The van der Waals surface area contributed by atoms with E-state index in [0.29, 0.717) is 41.5 Å². The molecule has 1 aromatic carbocycles. The maximum Gasteiger partial charge on any atom is 0.320 e. The summed E-state index contributed by atoms with van der Waals surface area (Å²) in [6, 6.07) is 8.02. The van der Waals surface area contributed by atoms with Gasteiger partial charge in [0.15, 0.2) is 5.78 Å². The summed E-state index contributed by atoms with van der Waals surface area (Å²) in [5, 5.41) is 10.4. The summed E-state index contributed by atoms with van der Waals surface area (Å²) in [5.41, 5.74) is 4.97. The molecule has 40 heavy (non-hydrogen) atoms. The maximum absolute atomic E-state index is 15.1. The van der Waals surface area contributed by atoms with Gasteiger partial charge in [-0.05, 0) is 41.8 Å². The van der Waals surface area contributed by atoms with Gasteiger partial charge in [-0.1, -0.05) is 6.07 Å². The highest BCUT2D eigenvalue weighted by Crippen LogP contribution is 2.42. The SMILES string of the molecule is O=C1CCC(c2cnc3ccccn23)=C1c1cn2c3c(cc(F)cc13)CN(C(=O)N1CCC(F)(F)C(O)C1)CC2. The van der Waals surface area contributed by atoms with E-state index >= 15 is 4.39 Å². The Kier molecular flexibility index (Phi) is 5.57. The molecule has 206 valence electrons. The van der Waals surface area contributed by atoms with Crippen molar-refractivity contribution in [2.24, 2.45) is 0 Å². The van der Waals surface area contributed by atoms with Gasteiger partial charge < -0.3 is 19.5 Å². The van der Waals surface area contributed by atoms with Crippen molar-refractivity contribution in [1.29, 1.82) is 0 Å². The molecule has 8 nitrogen and oxygen atoms in total. The zero-order valence-electron chi connectivity index (χ0n) is 21.5. The lowest BCUT2D eigenvalue weighted by atomic mass is 9.98. The van der Waals surface area contributed by atoms with E-state index in [9.17, 15) is 23.5 Å². The second-order valence-electron chi connectivity index (χ2n) is 10.7. The number of alkyl halides is 2. The van der Waals surface area contributed by atoms with Crippen LogP contribution in [0, 0.1) is 5.82 Å². The van der Waals surface area contributed by atoms with Crippen molar-refractivity contribution in [2.75, 3.05) is 19.6 Å². The molecule has 2 amide bonds. The summed E-state index contributed by atoms with van der Waals surface area (Å²) in [6.07, 6.45) is 3.88. The monoisotopic (exact) mass is 549 g/mol. The molecule has 5 heterocycles. The van der Waals surface area contributed by atoms with Crippen LogP contribution in [0.1, 0.15) is 36.1 Å². The smallest absolute Gasteiger partial charge is 0.320 e. The molecule has 0 spiro atoms. The number of carbonyl (C=O) groups excluding carboxylic acids is 2. The minimum atomic E-state index is -3.23. The third-order valence-corrected chi connectivity index (χ3v) is 8.30. The van der Waals surface area contributed by atoms with Crippen LogP contribution >= 0.6 is 0 Å². The van der Waals surface area contributed by atoms with Crippen LogP contribution in [0.15, 0.2) is 48.9 Å². The minimum Gasteiger partial charge on any atom is -0.385 e. The molecule has 0 saturated carbocycles. The Bertz CT molecular complexity index is 1740. The number of β-amino-alcohol motifs (C(OH)–C–C–N with tert-alkyl or cyclic N) is 1. The zero-order chi connectivity index (χ0) is 27.8. The number of imidazole rings is 1. The third kappa shape index (κ3) is 3.82. The van der Waals surface area contributed by atoms with Gasteiger partial charge in [-0.2, -0.15) is 0 Å². The highest BCUT2D eigenvalue weighted by Gasteiger charge is 2.45. The second-order valence-corrected chi connectivity index (χ2v) is 10.7. The first kappa shape index (κ1) is 24.9. The van der Waals surface area contributed by atoms with Gasteiger partial charge in [0.25, 0.3) is 5.92 Å². The number of allylic oxidation sites excluding steroid dienone is 2. The quantitative estimate of drug-likeness (QED) is 0.403. The molecule has 0 radical (unpaired) electrons. The van der Waals surface area contributed by atoms with Crippen molar-refractivity contribution in [1.82, 2.24) is 23.8 Å². The number of benzene rings is 1. The largest absolute Gasteiger partial charge is 0.385 e. The van der Waals surface area contributed by atoms with Gasteiger partial charge in [-0.3, -0.25) is 9.20 Å². The first-order valence-electron chi connectivity index (χ1n) is 13.3. The summed E-state index contributed by atoms with van der Waals surface area (Å²) in [7, 11) is 0. The molecule has 4 aromatic rings. The number of Topliss-reactive ketones (excluding diaryl/α,β-unsaturated/α-hetero) is 1. The van der Waals surface area contributed by atoms with Gasteiger partial charge in [0.2, 0.25) is 0 Å². The van der Waals surface area contributed by atoms with Crippen LogP contribution in [-0.4, -0.2) is 72.3 Å². The van der Waals surface area contributed by atoms with E-state index in [2.05, 4.69) is 4.98 Å². The Morgan fingerprint density at radius 2 is 1.95 bits per heavy atom. The van der Waals surface area contributed by atoms with Crippen molar-refractivity contribution in [2.45, 2.75) is 44.4 Å². The number of fused-ring (bicyclic) bond motifs is 1. The number of hydrogen-bond acceptors (Lipinski definition) is 4. The molecular formula is C29H26F3N5O3. The van der Waals surface area contributed by atoms with Crippen molar-refractivity contribution in [3.63, 3.8) is 0 Å². The fraction of sp³-hybridized carbons (Fsp3) is 0.345. The van der Waals surface area contributed by atoms with Crippen molar-refractivity contribution in [3.05, 3.63) is 71.6 Å². The van der Waals surface area contributed by atoms with Gasteiger partial charge in [0.1, 0.15) is 17.6 Å². The van der Waals surface area contributed by atoms with Crippen LogP contribution in [0.2, 0.25) is 0 Å². The van der Waals surface area contributed by atoms with E-state index in [0.717, 1.165) is 22.4 Å². The lowest BCUT2D eigenvalue weighted by Gasteiger charge is -2.38. The number of likely N-dealkylation sites (tertiary alicyclic amines) is 1. The van der Waals surface area contributed by atoms with Crippen LogP contribution in [0.5, 0.6) is 0 Å². The van der Waals surface area contributed by atoms with Gasteiger partial charge in [-0.15, -0.1) is 0 Å². The molecule has 3 aliphatic rings. The molecule has 1 unspecified atom stereocenters. The van der Waals surface area contributed by atoms with Gasteiger partial charge in [0, 0.05) is 67.9 Å². The van der Waals surface area contributed by atoms with Crippen LogP contribution in [0.3, 0.4) is 0 Å². The van der Waals surface area contributed by atoms with E-state index in [1.807, 2.05) is 39.6 Å². The van der Waals surface area contributed by atoms with E-state index in [-0.39, 0.29) is 25.4 Å². The Morgan fingerprint density at radius 3 is 2.77 bits per heavy atom. The molecule has 1 atom stereocenters. The number of halogens is 3. The Hall–Kier alpha value is -4.12. The highest BCUT2D eigenvalue weighted by atomic mass is 19.3. The van der Waals surface area contributed by atoms with Gasteiger partial charge in [-0.25, -0.2) is 22.9 Å². The first-order valence-corrected chi connectivity index (χ1v) is 13.3. The van der Waals surface area contributed by atoms with Gasteiger partial charge >= 0.3 is 6.03 Å². The Balaban J connectivity index is 1.29. The zero-order valence-corrected chi connectivity index (χ0v) is 21.5. The number of carbonyl (C=O) groups is 2. The van der Waals surface area contributed by atoms with Crippen LogP contribution < -0.4 is 0 Å². The molecule has 0 bridgehead atoms. The van der Waals surface area contributed by atoms with Crippen molar-refractivity contribution >= 4 is 39.5 Å². The number of piperidine rings is 1.